The zero-order valence-corrected chi connectivity index (χ0v) is 24.0. The van der Waals surface area contributed by atoms with Gasteiger partial charge in [-0.2, -0.15) is 13.2 Å². The van der Waals surface area contributed by atoms with Gasteiger partial charge in [-0.15, -0.1) is 0 Å². The van der Waals surface area contributed by atoms with Gasteiger partial charge in [0.15, 0.2) is 0 Å². The molecule has 1 aliphatic heterocycles. The number of fused-ring (bicyclic) bond motifs is 2. The Hall–Kier alpha value is -4.06. The van der Waals surface area contributed by atoms with Crippen LogP contribution in [-0.4, -0.2) is 65.5 Å². The highest BCUT2D eigenvalue weighted by Crippen LogP contribution is 2.38. The average molecular weight is 586 g/mol. The van der Waals surface area contributed by atoms with E-state index in [0.29, 0.717) is 78.5 Å². The molecule has 1 N–H and O–H groups in total. The minimum atomic E-state index is -4.51. The van der Waals surface area contributed by atoms with Crippen LogP contribution in [0.4, 0.5) is 23.7 Å². The van der Waals surface area contributed by atoms with Gasteiger partial charge in [-0.1, -0.05) is 6.07 Å². The number of alkyl halides is 3. The maximum Gasteiger partial charge on any atom is 0.416 e. The Kier molecular flexibility index (Phi) is 8.18. The molecule has 3 aromatic heterocycles. The topological polar surface area (TPSA) is 90.2 Å². The van der Waals surface area contributed by atoms with Crippen molar-refractivity contribution in [2.75, 3.05) is 38.3 Å². The minimum absolute atomic E-state index is 0.141. The number of piperidine rings is 1. The molecule has 1 aliphatic rings. The van der Waals surface area contributed by atoms with Gasteiger partial charge in [0.2, 0.25) is 0 Å². The number of hydrogen-bond acceptors (Lipinski definition) is 7. The molecule has 4 heterocycles. The largest absolute Gasteiger partial charge is 0.491 e. The third-order valence-corrected chi connectivity index (χ3v) is 6.96. The summed E-state index contributed by atoms with van der Waals surface area (Å²) < 4.78 is 59.6. The van der Waals surface area contributed by atoms with E-state index in [1.54, 1.807) is 52.3 Å². The molecule has 4 aromatic rings. The lowest BCUT2D eigenvalue weighted by Crippen LogP contribution is -2.46. The summed E-state index contributed by atoms with van der Waals surface area (Å²) in [5.41, 5.74) is 1.44. The van der Waals surface area contributed by atoms with Crippen LogP contribution in [0, 0.1) is 0 Å². The Balaban J connectivity index is 1.44. The quantitative estimate of drug-likeness (QED) is 0.263. The number of carbonyl (C=O) groups excluding carboxylic acids is 1. The van der Waals surface area contributed by atoms with Crippen LogP contribution < -0.4 is 15.0 Å². The maximum absolute atomic E-state index is 13.9. The lowest BCUT2D eigenvalue weighted by Gasteiger charge is -2.35. The predicted octanol–water partition coefficient (Wildman–Crippen LogP) is 6.09. The monoisotopic (exact) mass is 585 g/mol. The molecule has 5 rings (SSSR count). The van der Waals surface area contributed by atoms with Gasteiger partial charge in [0.1, 0.15) is 23.6 Å². The fourth-order valence-electron chi connectivity index (χ4n) is 4.99. The number of ether oxygens (including phenoxy) is 3. The van der Waals surface area contributed by atoms with E-state index < -0.39 is 23.4 Å². The van der Waals surface area contributed by atoms with Crippen molar-refractivity contribution in [3.8, 4) is 17.1 Å². The summed E-state index contributed by atoms with van der Waals surface area (Å²) in [5, 5.41) is 3.26. The molecule has 42 heavy (non-hydrogen) atoms. The first kappa shape index (κ1) is 29.4. The number of pyridine rings is 2. The summed E-state index contributed by atoms with van der Waals surface area (Å²) in [7, 11) is 1.60. The van der Waals surface area contributed by atoms with Gasteiger partial charge in [0.25, 0.3) is 0 Å². The van der Waals surface area contributed by atoms with E-state index in [1.807, 2.05) is 21.6 Å². The molecule has 224 valence electrons. The fraction of sp³-hybridized carbons (Fsp3) is 0.433. The van der Waals surface area contributed by atoms with Gasteiger partial charge in [-0.05, 0) is 57.9 Å². The van der Waals surface area contributed by atoms with Crippen molar-refractivity contribution in [1.29, 1.82) is 0 Å². The molecule has 0 radical (unpaired) electrons. The van der Waals surface area contributed by atoms with E-state index in [2.05, 4.69) is 10.3 Å². The number of rotatable bonds is 7. The standard InChI is InChI=1S/C30H34F3N5O4/c1-29(2,3)42-28(39)35-21-7-10-37(11-8-21)24-16-20(30(31,32)33)15-19-5-6-23(36-27(19)24)25-18-34-26-17-22(9-12-38(25)26)41-14-13-40-4/h5-6,9,12,15-18,21H,7-8,10-11,13-14H2,1-4H3,(H,35,39). The number of nitrogens with zero attached hydrogens (tertiary/aromatic N) is 4. The van der Waals surface area contributed by atoms with E-state index >= 15 is 0 Å². The number of alkyl carbamates (subject to hydrolysis) is 1. The number of anilines is 1. The SMILES string of the molecule is COCCOc1ccn2c(-c3ccc4cc(C(F)(F)F)cc(N5CCC(NC(=O)OC(C)(C)C)CC5)c4n3)cnc2c1. The van der Waals surface area contributed by atoms with Crippen molar-refractivity contribution in [2.24, 2.45) is 0 Å². The van der Waals surface area contributed by atoms with Crippen LogP contribution in [0.3, 0.4) is 0 Å². The van der Waals surface area contributed by atoms with Crippen molar-refractivity contribution in [2.45, 2.75) is 51.4 Å². The molecule has 9 nitrogen and oxygen atoms in total. The second kappa shape index (κ2) is 11.7. The van der Waals surface area contributed by atoms with E-state index in [4.69, 9.17) is 19.2 Å². The van der Waals surface area contributed by atoms with Crippen LogP contribution in [0.25, 0.3) is 27.9 Å². The van der Waals surface area contributed by atoms with E-state index in [9.17, 15) is 18.0 Å². The van der Waals surface area contributed by atoms with Crippen LogP contribution in [0.1, 0.15) is 39.2 Å². The minimum Gasteiger partial charge on any atom is -0.491 e. The molecular formula is C30H34F3N5O4. The predicted molar refractivity (Wildman–Crippen MR) is 153 cm³/mol. The molecule has 1 fully saturated rings. The van der Waals surface area contributed by atoms with Gasteiger partial charge >= 0.3 is 12.3 Å². The first-order valence-corrected chi connectivity index (χ1v) is 13.8. The Bertz CT molecular complexity index is 1570. The number of nitrogens with one attached hydrogen (secondary N) is 1. The summed E-state index contributed by atoms with van der Waals surface area (Å²) in [4.78, 5) is 23.5. The molecule has 0 spiro atoms. The summed E-state index contributed by atoms with van der Waals surface area (Å²) >= 11 is 0. The van der Waals surface area contributed by atoms with Crippen LogP contribution in [-0.2, 0) is 15.7 Å². The van der Waals surface area contributed by atoms with Crippen molar-refractivity contribution in [1.82, 2.24) is 19.7 Å². The molecule has 0 atom stereocenters. The lowest BCUT2D eigenvalue weighted by atomic mass is 10.0. The molecule has 1 aromatic carbocycles. The lowest BCUT2D eigenvalue weighted by molar-refractivity contribution is -0.137. The molecule has 1 amide bonds. The Morgan fingerprint density at radius 3 is 2.52 bits per heavy atom. The molecule has 0 bridgehead atoms. The average Bonchev–Trinajstić information content (AvgIpc) is 3.34. The summed E-state index contributed by atoms with van der Waals surface area (Å²) in [6.45, 7) is 7.13. The molecule has 1 saturated heterocycles. The number of benzene rings is 1. The van der Waals surface area contributed by atoms with Crippen LogP contribution in [0.15, 0.2) is 48.8 Å². The van der Waals surface area contributed by atoms with E-state index in [1.165, 1.54) is 6.07 Å². The first-order chi connectivity index (χ1) is 19.9. The molecule has 0 unspecified atom stereocenters. The van der Waals surface area contributed by atoms with Gasteiger partial charge in [0, 0.05) is 43.9 Å². The molecule has 12 heteroatoms. The Morgan fingerprint density at radius 1 is 1.07 bits per heavy atom. The summed E-state index contributed by atoms with van der Waals surface area (Å²) in [6.07, 6.45) is -0.402. The summed E-state index contributed by atoms with van der Waals surface area (Å²) in [5.74, 6) is 0.648. The van der Waals surface area contributed by atoms with Gasteiger partial charge in [-0.25, -0.2) is 14.8 Å². The van der Waals surface area contributed by atoms with Gasteiger partial charge < -0.3 is 24.4 Å². The highest BCUT2D eigenvalue weighted by Gasteiger charge is 2.33. The van der Waals surface area contributed by atoms with Crippen LogP contribution >= 0.6 is 0 Å². The van der Waals surface area contributed by atoms with Crippen LogP contribution in [0.5, 0.6) is 5.75 Å². The Morgan fingerprint density at radius 2 is 1.83 bits per heavy atom. The number of methoxy groups -OCH3 is 1. The molecule has 0 aliphatic carbocycles. The smallest absolute Gasteiger partial charge is 0.416 e. The van der Waals surface area contributed by atoms with Crippen LogP contribution in [0.2, 0.25) is 0 Å². The van der Waals surface area contributed by atoms with Gasteiger partial charge in [-0.3, -0.25) is 4.40 Å². The first-order valence-electron chi connectivity index (χ1n) is 13.8. The van der Waals surface area contributed by atoms with E-state index in [0.717, 1.165) is 6.07 Å². The van der Waals surface area contributed by atoms with Crippen molar-refractivity contribution in [3.63, 3.8) is 0 Å². The fourth-order valence-corrected chi connectivity index (χ4v) is 4.99. The number of halogens is 3. The second-order valence-electron chi connectivity index (χ2n) is 11.2. The number of carbonyl (C=O) groups is 1. The third-order valence-electron chi connectivity index (χ3n) is 6.96. The van der Waals surface area contributed by atoms with Gasteiger partial charge in [0.05, 0.1) is 41.0 Å². The third kappa shape index (κ3) is 6.70. The zero-order valence-electron chi connectivity index (χ0n) is 24.0. The van der Waals surface area contributed by atoms with Crippen molar-refractivity contribution in [3.05, 3.63) is 54.4 Å². The Labute approximate surface area is 241 Å². The number of amides is 1. The normalized spacial score (nSPS) is 14.9. The van der Waals surface area contributed by atoms with Crippen molar-refractivity contribution >= 4 is 28.3 Å². The van der Waals surface area contributed by atoms with E-state index in [-0.39, 0.29) is 6.04 Å². The summed E-state index contributed by atoms with van der Waals surface area (Å²) in [6, 6.07) is 9.13. The van der Waals surface area contributed by atoms with Crippen molar-refractivity contribution < 1.29 is 32.2 Å². The number of imidazole rings is 1. The number of aromatic nitrogens is 3. The highest BCUT2D eigenvalue weighted by molar-refractivity contribution is 5.93. The second-order valence-corrected chi connectivity index (χ2v) is 11.2. The highest BCUT2D eigenvalue weighted by atomic mass is 19.4. The molecule has 0 saturated carbocycles. The molecular weight excluding hydrogens is 551 g/mol. The maximum atomic E-state index is 13.9. The number of hydrogen-bond donors (Lipinski definition) is 1. The zero-order chi connectivity index (χ0) is 30.1.